The van der Waals surface area contributed by atoms with Gasteiger partial charge in [0, 0.05) is 19.1 Å². The van der Waals surface area contributed by atoms with Crippen LogP contribution in [0.2, 0.25) is 0 Å². The molecule has 0 aliphatic carbocycles. The predicted octanol–water partition coefficient (Wildman–Crippen LogP) is 2.27. The first-order chi connectivity index (χ1) is 7.91. The molecule has 100 valence electrons. The van der Waals surface area contributed by atoms with Crippen LogP contribution in [0.1, 0.15) is 47.5 Å². The van der Waals surface area contributed by atoms with Gasteiger partial charge in [0.1, 0.15) is 0 Å². The van der Waals surface area contributed by atoms with Gasteiger partial charge in [0.2, 0.25) is 5.91 Å². The van der Waals surface area contributed by atoms with Crippen molar-refractivity contribution in [3.8, 4) is 0 Å². The van der Waals surface area contributed by atoms with Crippen molar-refractivity contribution in [3.63, 3.8) is 0 Å². The summed E-state index contributed by atoms with van der Waals surface area (Å²) in [6.45, 7) is 12.8. The maximum absolute atomic E-state index is 12.1. The lowest BCUT2D eigenvalue weighted by Crippen LogP contribution is -2.46. The normalized spacial score (nSPS) is 25.8. The molecule has 2 unspecified atom stereocenters. The Morgan fingerprint density at radius 3 is 2.53 bits per heavy atom. The predicted molar refractivity (Wildman–Crippen MR) is 71.9 cm³/mol. The van der Waals surface area contributed by atoms with Gasteiger partial charge in [-0.05, 0) is 38.5 Å². The van der Waals surface area contributed by atoms with E-state index in [9.17, 15) is 4.79 Å². The number of nitrogens with zero attached hydrogens (tertiary/aromatic N) is 1. The van der Waals surface area contributed by atoms with E-state index in [-0.39, 0.29) is 11.9 Å². The Balaban J connectivity index is 2.44. The van der Waals surface area contributed by atoms with E-state index in [0.717, 1.165) is 25.9 Å². The largest absolute Gasteiger partial charge is 0.355 e. The molecule has 0 radical (unpaired) electrons. The zero-order chi connectivity index (χ0) is 13.0. The standard InChI is InChI=1S/C14H28N2O/c1-10(2)6-7-15-14(17)13-8-12(5)9-16(13)11(3)4/h10-13H,6-9H2,1-5H3,(H,15,17). The number of carbonyl (C=O) groups is 1. The summed E-state index contributed by atoms with van der Waals surface area (Å²) < 4.78 is 0. The summed E-state index contributed by atoms with van der Waals surface area (Å²) in [5.41, 5.74) is 0. The van der Waals surface area contributed by atoms with Crippen LogP contribution in [-0.4, -0.2) is 36.0 Å². The van der Waals surface area contributed by atoms with Crippen molar-refractivity contribution < 1.29 is 4.79 Å². The molecule has 2 atom stereocenters. The highest BCUT2D eigenvalue weighted by Crippen LogP contribution is 2.24. The lowest BCUT2D eigenvalue weighted by molar-refractivity contribution is -0.126. The first kappa shape index (κ1) is 14.5. The second kappa shape index (κ2) is 6.39. The van der Waals surface area contributed by atoms with Gasteiger partial charge in [0.15, 0.2) is 0 Å². The molecule has 3 heteroatoms. The van der Waals surface area contributed by atoms with Crippen LogP contribution in [0.15, 0.2) is 0 Å². The Kier molecular flexibility index (Phi) is 5.44. The second-order valence-corrected chi connectivity index (χ2v) is 6.12. The topological polar surface area (TPSA) is 32.3 Å². The molecule has 1 fully saturated rings. The van der Waals surface area contributed by atoms with E-state index >= 15 is 0 Å². The Morgan fingerprint density at radius 2 is 2.00 bits per heavy atom. The van der Waals surface area contributed by atoms with Crippen LogP contribution in [0.4, 0.5) is 0 Å². The number of amides is 1. The van der Waals surface area contributed by atoms with Gasteiger partial charge in [0.25, 0.3) is 0 Å². The molecular formula is C14H28N2O. The molecular weight excluding hydrogens is 212 g/mol. The quantitative estimate of drug-likeness (QED) is 0.799. The summed E-state index contributed by atoms with van der Waals surface area (Å²) in [4.78, 5) is 14.5. The fourth-order valence-electron chi connectivity index (χ4n) is 2.51. The number of hydrogen-bond acceptors (Lipinski definition) is 2. The van der Waals surface area contributed by atoms with Crippen molar-refractivity contribution in [2.45, 2.75) is 59.5 Å². The van der Waals surface area contributed by atoms with Gasteiger partial charge in [-0.25, -0.2) is 0 Å². The third-order valence-electron chi connectivity index (χ3n) is 3.54. The van der Waals surface area contributed by atoms with E-state index in [1.807, 2.05) is 0 Å². The van der Waals surface area contributed by atoms with E-state index < -0.39 is 0 Å². The molecule has 1 aliphatic rings. The third-order valence-corrected chi connectivity index (χ3v) is 3.54. The van der Waals surface area contributed by atoms with Gasteiger partial charge in [-0.15, -0.1) is 0 Å². The van der Waals surface area contributed by atoms with Crippen LogP contribution in [0, 0.1) is 11.8 Å². The third kappa shape index (κ3) is 4.30. The SMILES string of the molecule is CC(C)CCNC(=O)C1CC(C)CN1C(C)C. The first-order valence-corrected chi connectivity index (χ1v) is 6.95. The van der Waals surface area contributed by atoms with Crippen LogP contribution in [0.25, 0.3) is 0 Å². The first-order valence-electron chi connectivity index (χ1n) is 6.95. The average Bonchev–Trinajstić information content (AvgIpc) is 2.59. The average molecular weight is 240 g/mol. The van der Waals surface area contributed by atoms with Crippen molar-refractivity contribution in [2.24, 2.45) is 11.8 Å². The molecule has 0 aromatic heterocycles. The fourth-order valence-corrected chi connectivity index (χ4v) is 2.51. The van der Waals surface area contributed by atoms with Gasteiger partial charge in [-0.1, -0.05) is 20.8 Å². The van der Waals surface area contributed by atoms with Crippen molar-refractivity contribution in [1.29, 1.82) is 0 Å². The molecule has 3 nitrogen and oxygen atoms in total. The minimum Gasteiger partial charge on any atom is -0.355 e. The zero-order valence-electron chi connectivity index (χ0n) is 12.0. The highest BCUT2D eigenvalue weighted by atomic mass is 16.2. The summed E-state index contributed by atoms with van der Waals surface area (Å²) in [5, 5.41) is 3.08. The Hall–Kier alpha value is -0.570. The monoisotopic (exact) mass is 240 g/mol. The summed E-state index contributed by atoms with van der Waals surface area (Å²) in [5.74, 6) is 1.51. The van der Waals surface area contributed by atoms with Crippen molar-refractivity contribution in [2.75, 3.05) is 13.1 Å². The second-order valence-electron chi connectivity index (χ2n) is 6.12. The van der Waals surface area contributed by atoms with Crippen LogP contribution in [0.5, 0.6) is 0 Å². The van der Waals surface area contributed by atoms with Crippen LogP contribution >= 0.6 is 0 Å². The minimum atomic E-state index is 0.0946. The Morgan fingerprint density at radius 1 is 1.35 bits per heavy atom. The van der Waals surface area contributed by atoms with Gasteiger partial charge in [-0.3, -0.25) is 9.69 Å². The Bertz CT molecular complexity index is 251. The molecule has 1 rings (SSSR count). The van der Waals surface area contributed by atoms with E-state index in [0.29, 0.717) is 17.9 Å². The van der Waals surface area contributed by atoms with Crippen LogP contribution in [0.3, 0.4) is 0 Å². The van der Waals surface area contributed by atoms with Crippen molar-refractivity contribution in [1.82, 2.24) is 10.2 Å². The molecule has 1 amide bonds. The molecule has 0 bridgehead atoms. The molecule has 1 N–H and O–H groups in total. The molecule has 0 spiro atoms. The molecule has 1 heterocycles. The number of carbonyl (C=O) groups excluding carboxylic acids is 1. The molecule has 0 saturated carbocycles. The van der Waals surface area contributed by atoms with E-state index in [1.165, 1.54) is 0 Å². The van der Waals surface area contributed by atoms with Gasteiger partial charge in [-0.2, -0.15) is 0 Å². The maximum atomic E-state index is 12.1. The summed E-state index contributed by atoms with van der Waals surface area (Å²) >= 11 is 0. The fraction of sp³-hybridized carbons (Fsp3) is 0.929. The lowest BCUT2D eigenvalue weighted by Gasteiger charge is -2.27. The molecule has 1 saturated heterocycles. The summed E-state index contributed by atoms with van der Waals surface area (Å²) in [6.07, 6.45) is 2.07. The van der Waals surface area contributed by atoms with Crippen molar-refractivity contribution >= 4 is 5.91 Å². The summed E-state index contributed by atoms with van der Waals surface area (Å²) in [6, 6.07) is 0.554. The number of nitrogens with one attached hydrogen (secondary N) is 1. The summed E-state index contributed by atoms with van der Waals surface area (Å²) in [7, 11) is 0. The minimum absolute atomic E-state index is 0.0946. The van der Waals surface area contributed by atoms with E-state index in [4.69, 9.17) is 0 Å². The number of rotatable bonds is 5. The number of likely N-dealkylation sites (tertiary alicyclic amines) is 1. The van der Waals surface area contributed by atoms with Crippen LogP contribution < -0.4 is 5.32 Å². The van der Waals surface area contributed by atoms with Gasteiger partial charge in [0.05, 0.1) is 6.04 Å². The van der Waals surface area contributed by atoms with Crippen LogP contribution in [-0.2, 0) is 4.79 Å². The Labute approximate surface area is 106 Å². The van der Waals surface area contributed by atoms with Crippen molar-refractivity contribution in [3.05, 3.63) is 0 Å². The maximum Gasteiger partial charge on any atom is 0.237 e. The molecule has 17 heavy (non-hydrogen) atoms. The molecule has 0 aromatic rings. The van der Waals surface area contributed by atoms with E-state index in [2.05, 4.69) is 44.8 Å². The van der Waals surface area contributed by atoms with Gasteiger partial charge >= 0.3 is 0 Å². The van der Waals surface area contributed by atoms with E-state index in [1.54, 1.807) is 0 Å². The number of hydrogen-bond donors (Lipinski definition) is 1. The molecule has 0 aromatic carbocycles. The zero-order valence-corrected chi connectivity index (χ0v) is 12.0. The molecule has 1 aliphatic heterocycles. The van der Waals surface area contributed by atoms with Gasteiger partial charge < -0.3 is 5.32 Å². The highest BCUT2D eigenvalue weighted by Gasteiger charge is 2.35. The highest BCUT2D eigenvalue weighted by molar-refractivity contribution is 5.82. The smallest absolute Gasteiger partial charge is 0.237 e. The lowest BCUT2D eigenvalue weighted by atomic mass is 10.1.